The van der Waals surface area contributed by atoms with E-state index in [4.69, 9.17) is 4.74 Å². The minimum atomic E-state index is -0.677. The third-order valence-corrected chi connectivity index (χ3v) is 14.8. The van der Waals surface area contributed by atoms with Crippen LogP contribution < -0.4 is 5.32 Å². The summed E-state index contributed by atoms with van der Waals surface area (Å²) in [6, 6.07) is -0.555. The summed E-state index contributed by atoms with van der Waals surface area (Å²) in [5, 5.41) is 23.4. The van der Waals surface area contributed by atoms with Crippen molar-refractivity contribution in [1.82, 2.24) is 5.32 Å². The van der Waals surface area contributed by atoms with Gasteiger partial charge < -0.3 is 20.3 Å². The van der Waals surface area contributed by atoms with Crippen molar-refractivity contribution in [3.63, 3.8) is 0 Å². The molecule has 3 N–H and O–H groups in total. The Bertz CT molecular complexity index is 1090. The number of carbonyl (C=O) groups excluding carboxylic acids is 2. The summed E-state index contributed by atoms with van der Waals surface area (Å²) < 4.78 is 5.47. The minimum Gasteiger partial charge on any atom is -0.466 e. The van der Waals surface area contributed by atoms with E-state index in [1.165, 1.54) is 250 Å². The van der Waals surface area contributed by atoms with E-state index in [2.05, 4.69) is 43.5 Å². The predicted octanol–water partition coefficient (Wildman–Crippen LogP) is 19.8. The number of hydrogen-bond acceptors (Lipinski definition) is 5. The van der Waals surface area contributed by atoms with Crippen LogP contribution in [0.25, 0.3) is 0 Å². The van der Waals surface area contributed by atoms with Crippen LogP contribution in [0.4, 0.5) is 0 Å². The fourth-order valence-electron chi connectivity index (χ4n) is 9.91. The SMILES string of the molecule is CCCCCC/C=C\C/C=C\CCCCCCCC(=O)OCCCCCCCCCCCCCCC(=O)NC(CO)C(O)CCCCCCCCCCCCCCCCCCCCCCCCCCC. The molecule has 414 valence electrons. The smallest absolute Gasteiger partial charge is 0.305 e. The molecule has 6 nitrogen and oxygen atoms in total. The molecule has 0 aliphatic rings. The van der Waals surface area contributed by atoms with Gasteiger partial charge in [-0.1, -0.05) is 301 Å². The number of rotatable bonds is 59. The van der Waals surface area contributed by atoms with Crippen LogP contribution in [0.3, 0.4) is 0 Å². The number of amides is 1. The first-order valence-corrected chi connectivity index (χ1v) is 31.6. The second kappa shape index (κ2) is 59.9. The number of allylic oxidation sites excluding steroid dienone is 4. The normalized spacial score (nSPS) is 12.7. The number of nitrogens with one attached hydrogen (secondary N) is 1. The Labute approximate surface area is 437 Å². The number of ether oxygens (including phenoxy) is 1. The second-order valence-electron chi connectivity index (χ2n) is 21.7. The second-order valence-corrected chi connectivity index (χ2v) is 21.7. The van der Waals surface area contributed by atoms with Crippen molar-refractivity contribution in [3.8, 4) is 0 Å². The summed E-state index contributed by atoms with van der Waals surface area (Å²) in [6.45, 7) is 4.92. The van der Waals surface area contributed by atoms with Crippen LogP contribution in [0, 0.1) is 0 Å². The minimum absolute atomic E-state index is 0.0214. The van der Waals surface area contributed by atoms with Gasteiger partial charge in [-0.25, -0.2) is 0 Å². The molecule has 0 radical (unpaired) electrons. The molecule has 2 unspecified atom stereocenters. The van der Waals surface area contributed by atoms with E-state index in [9.17, 15) is 19.8 Å². The van der Waals surface area contributed by atoms with E-state index in [0.29, 0.717) is 25.9 Å². The first-order valence-electron chi connectivity index (χ1n) is 31.6. The number of aliphatic hydroxyl groups excluding tert-OH is 2. The molecule has 0 aliphatic heterocycles. The monoisotopic (exact) mass is 986 g/mol. The molecular formula is C64H123NO5. The summed E-state index contributed by atoms with van der Waals surface area (Å²) in [4.78, 5) is 24.6. The molecule has 2 atom stereocenters. The van der Waals surface area contributed by atoms with E-state index in [-0.39, 0.29) is 18.5 Å². The number of esters is 1. The molecule has 0 aliphatic carbocycles. The highest BCUT2D eigenvalue weighted by Crippen LogP contribution is 2.18. The van der Waals surface area contributed by atoms with Gasteiger partial charge in [-0.15, -0.1) is 0 Å². The lowest BCUT2D eigenvalue weighted by atomic mass is 10.0. The number of aliphatic hydroxyl groups is 2. The summed E-state index contributed by atoms with van der Waals surface area (Å²) in [5.74, 6) is -0.0690. The molecule has 0 fully saturated rings. The van der Waals surface area contributed by atoms with Gasteiger partial charge in [0.15, 0.2) is 0 Å². The number of hydrogen-bond donors (Lipinski definition) is 3. The Morgan fingerprint density at radius 2 is 0.714 bits per heavy atom. The molecule has 0 aromatic carbocycles. The Hall–Kier alpha value is -1.66. The van der Waals surface area contributed by atoms with Crippen molar-refractivity contribution < 1.29 is 24.5 Å². The zero-order valence-electron chi connectivity index (χ0n) is 47.3. The molecule has 0 saturated carbocycles. The van der Waals surface area contributed by atoms with Gasteiger partial charge in [-0.2, -0.15) is 0 Å². The average Bonchev–Trinajstić information content (AvgIpc) is 3.36. The van der Waals surface area contributed by atoms with Gasteiger partial charge in [0.25, 0.3) is 0 Å². The van der Waals surface area contributed by atoms with Crippen LogP contribution in [-0.4, -0.2) is 47.4 Å². The number of carbonyl (C=O) groups is 2. The van der Waals surface area contributed by atoms with Gasteiger partial charge in [-0.05, 0) is 57.8 Å². The maximum atomic E-state index is 12.5. The Morgan fingerprint density at radius 3 is 1.10 bits per heavy atom. The molecule has 0 rings (SSSR count). The van der Waals surface area contributed by atoms with Crippen molar-refractivity contribution in [1.29, 1.82) is 0 Å². The van der Waals surface area contributed by atoms with Crippen LogP contribution >= 0.6 is 0 Å². The lowest BCUT2D eigenvalue weighted by Gasteiger charge is -2.22. The molecule has 70 heavy (non-hydrogen) atoms. The molecule has 0 aromatic rings. The van der Waals surface area contributed by atoms with Gasteiger partial charge in [0.1, 0.15) is 0 Å². The molecule has 0 heterocycles. The molecule has 6 heteroatoms. The van der Waals surface area contributed by atoms with Crippen molar-refractivity contribution in [2.75, 3.05) is 13.2 Å². The third-order valence-electron chi connectivity index (χ3n) is 14.8. The fourth-order valence-corrected chi connectivity index (χ4v) is 9.91. The highest BCUT2D eigenvalue weighted by Gasteiger charge is 2.20. The molecule has 1 amide bonds. The van der Waals surface area contributed by atoms with Crippen LogP contribution in [0.2, 0.25) is 0 Å². The third kappa shape index (κ3) is 55.7. The van der Waals surface area contributed by atoms with Gasteiger partial charge in [0, 0.05) is 12.8 Å². The molecule has 0 saturated heterocycles. The summed E-state index contributed by atoms with van der Waals surface area (Å²) >= 11 is 0. The maximum absolute atomic E-state index is 12.5. The van der Waals surface area contributed by atoms with E-state index < -0.39 is 12.1 Å². The Balaban J connectivity index is 3.45. The molecule has 0 aromatic heterocycles. The maximum Gasteiger partial charge on any atom is 0.305 e. The summed E-state index contributed by atoms with van der Waals surface area (Å²) in [7, 11) is 0. The average molecular weight is 987 g/mol. The first-order chi connectivity index (χ1) is 34.5. The lowest BCUT2D eigenvalue weighted by molar-refractivity contribution is -0.143. The van der Waals surface area contributed by atoms with Crippen molar-refractivity contribution in [2.45, 2.75) is 360 Å². The van der Waals surface area contributed by atoms with E-state index >= 15 is 0 Å². The topological polar surface area (TPSA) is 95.9 Å². The lowest BCUT2D eigenvalue weighted by Crippen LogP contribution is -2.45. The standard InChI is InChI=1S/C64H123NO5/c1-3-5-7-9-11-13-15-17-19-21-22-23-24-25-26-27-28-29-30-32-36-40-44-48-52-56-62(67)61(60-66)65-63(68)57-53-49-45-41-37-34-35-39-43-47-51-55-59-70-64(69)58-54-50-46-42-38-33-31-20-18-16-14-12-10-8-6-4-2/h14,16,20,31,61-62,66-67H,3-13,15,17-19,21-30,32-60H2,1-2H3,(H,65,68)/b16-14-,31-20-. The molecule has 0 spiro atoms. The van der Waals surface area contributed by atoms with E-state index in [1.54, 1.807) is 0 Å². The van der Waals surface area contributed by atoms with Crippen molar-refractivity contribution in [3.05, 3.63) is 24.3 Å². The van der Waals surface area contributed by atoms with Gasteiger partial charge in [-0.3, -0.25) is 9.59 Å². The molecule has 0 bridgehead atoms. The predicted molar refractivity (Wildman–Crippen MR) is 306 cm³/mol. The number of unbranched alkanes of at least 4 members (excludes halogenated alkanes) is 44. The largest absolute Gasteiger partial charge is 0.466 e. The summed E-state index contributed by atoms with van der Waals surface area (Å²) in [6.07, 6.45) is 73.2. The van der Waals surface area contributed by atoms with Gasteiger partial charge in [0.2, 0.25) is 5.91 Å². The quantitative estimate of drug-likeness (QED) is 0.0321. The van der Waals surface area contributed by atoms with Crippen molar-refractivity contribution in [2.24, 2.45) is 0 Å². The van der Waals surface area contributed by atoms with Crippen LogP contribution in [-0.2, 0) is 14.3 Å². The first kappa shape index (κ1) is 68.3. The van der Waals surface area contributed by atoms with E-state index in [1.807, 2.05) is 0 Å². The Kier molecular flexibility index (Phi) is 58.5. The molecular weight excluding hydrogens is 863 g/mol. The zero-order valence-corrected chi connectivity index (χ0v) is 47.3. The highest BCUT2D eigenvalue weighted by atomic mass is 16.5. The fraction of sp³-hybridized carbons (Fsp3) is 0.906. The summed E-state index contributed by atoms with van der Waals surface area (Å²) in [5.41, 5.74) is 0. The zero-order chi connectivity index (χ0) is 50.7. The van der Waals surface area contributed by atoms with Crippen LogP contribution in [0.5, 0.6) is 0 Å². The van der Waals surface area contributed by atoms with Crippen molar-refractivity contribution >= 4 is 11.9 Å². The Morgan fingerprint density at radius 1 is 0.400 bits per heavy atom. The van der Waals surface area contributed by atoms with Gasteiger partial charge in [0.05, 0.1) is 25.4 Å². The van der Waals surface area contributed by atoms with Gasteiger partial charge >= 0.3 is 5.97 Å². The van der Waals surface area contributed by atoms with Crippen LogP contribution in [0.15, 0.2) is 24.3 Å². The van der Waals surface area contributed by atoms with E-state index in [0.717, 1.165) is 64.2 Å². The van der Waals surface area contributed by atoms with Crippen LogP contribution in [0.1, 0.15) is 348 Å². The highest BCUT2D eigenvalue weighted by molar-refractivity contribution is 5.76.